The Kier molecular flexibility index (Phi) is 3.02. The molecule has 0 saturated heterocycles. The van der Waals surface area contributed by atoms with E-state index < -0.39 is 5.82 Å². The fourth-order valence-corrected chi connectivity index (χ4v) is 3.12. The van der Waals surface area contributed by atoms with Crippen LogP contribution >= 0.6 is 11.6 Å². The van der Waals surface area contributed by atoms with Gasteiger partial charge in [0, 0.05) is 12.5 Å². The summed E-state index contributed by atoms with van der Waals surface area (Å²) in [7, 11) is 0. The van der Waals surface area contributed by atoms with Crippen LogP contribution in [0.2, 0.25) is 5.02 Å². The third-order valence-electron chi connectivity index (χ3n) is 4.07. The number of amides is 1. The van der Waals surface area contributed by atoms with Crippen molar-refractivity contribution in [1.82, 2.24) is 5.32 Å². The number of hydrogen-bond donors (Lipinski definition) is 1. The molecule has 2 atom stereocenters. The summed E-state index contributed by atoms with van der Waals surface area (Å²) in [6, 6.07) is 4.53. The lowest BCUT2D eigenvalue weighted by Crippen LogP contribution is -2.29. The van der Waals surface area contributed by atoms with E-state index in [1.165, 1.54) is 12.5 Å². The van der Waals surface area contributed by atoms with Crippen molar-refractivity contribution in [3.05, 3.63) is 34.6 Å². The van der Waals surface area contributed by atoms with E-state index in [-0.39, 0.29) is 16.8 Å². The number of nitrogens with one attached hydrogen (secondary N) is 1. The number of hydrogen-bond acceptors (Lipinski definition) is 1. The molecule has 0 bridgehead atoms. The molecule has 2 unspecified atom stereocenters. The van der Waals surface area contributed by atoms with E-state index in [2.05, 4.69) is 5.32 Å². The van der Waals surface area contributed by atoms with Crippen LogP contribution in [0, 0.1) is 23.6 Å². The van der Waals surface area contributed by atoms with E-state index in [9.17, 15) is 9.18 Å². The molecule has 18 heavy (non-hydrogen) atoms. The third kappa shape index (κ3) is 2.37. The average molecular weight is 268 g/mol. The van der Waals surface area contributed by atoms with E-state index in [1.54, 1.807) is 12.1 Å². The van der Waals surface area contributed by atoms with Gasteiger partial charge in [0.05, 0.1) is 5.02 Å². The molecule has 2 fully saturated rings. The minimum Gasteiger partial charge on any atom is -0.352 e. The lowest BCUT2D eigenvalue weighted by Gasteiger charge is -2.12. The lowest BCUT2D eigenvalue weighted by molar-refractivity contribution is -0.125. The van der Waals surface area contributed by atoms with Crippen LogP contribution in [-0.2, 0) is 11.3 Å². The van der Waals surface area contributed by atoms with Gasteiger partial charge in [0.25, 0.3) is 0 Å². The molecule has 0 aromatic heterocycles. The number of carbonyl (C=O) groups is 1. The fourth-order valence-electron chi connectivity index (χ4n) is 2.91. The van der Waals surface area contributed by atoms with E-state index in [0.717, 1.165) is 30.2 Å². The molecule has 0 heterocycles. The normalized spacial score (nSPS) is 28.9. The Morgan fingerprint density at radius 3 is 2.72 bits per heavy atom. The second kappa shape index (κ2) is 4.54. The zero-order chi connectivity index (χ0) is 12.7. The Morgan fingerprint density at radius 1 is 1.33 bits per heavy atom. The second-order valence-electron chi connectivity index (χ2n) is 5.39. The predicted molar refractivity (Wildman–Crippen MR) is 67.6 cm³/mol. The smallest absolute Gasteiger partial charge is 0.223 e. The zero-order valence-corrected chi connectivity index (χ0v) is 10.7. The van der Waals surface area contributed by atoms with Gasteiger partial charge in [-0.15, -0.1) is 0 Å². The number of benzene rings is 1. The van der Waals surface area contributed by atoms with Crippen molar-refractivity contribution in [3.63, 3.8) is 0 Å². The summed E-state index contributed by atoms with van der Waals surface area (Å²) >= 11 is 5.69. The molecule has 2 aliphatic carbocycles. The first-order valence-corrected chi connectivity index (χ1v) is 6.73. The van der Waals surface area contributed by atoms with Crippen molar-refractivity contribution in [3.8, 4) is 0 Å². The quantitative estimate of drug-likeness (QED) is 0.896. The van der Waals surface area contributed by atoms with E-state index in [0.29, 0.717) is 6.54 Å². The van der Waals surface area contributed by atoms with Gasteiger partial charge in [0.1, 0.15) is 5.82 Å². The molecule has 2 saturated carbocycles. The molecule has 3 rings (SSSR count). The van der Waals surface area contributed by atoms with Gasteiger partial charge in [-0.3, -0.25) is 4.79 Å². The van der Waals surface area contributed by atoms with Crippen LogP contribution in [0.3, 0.4) is 0 Å². The van der Waals surface area contributed by atoms with Gasteiger partial charge in [-0.05, 0) is 48.8 Å². The molecule has 1 N–H and O–H groups in total. The summed E-state index contributed by atoms with van der Waals surface area (Å²) < 4.78 is 13.0. The highest BCUT2D eigenvalue weighted by Crippen LogP contribution is 2.54. The van der Waals surface area contributed by atoms with E-state index >= 15 is 0 Å². The standard InChI is InChI=1S/C14H15ClFNO/c15-12-3-8(1-2-13(12)16)7-17-14(18)11-5-9-4-10(9)6-11/h1-3,9-11H,4-7H2,(H,17,18). The highest BCUT2D eigenvalue weighted by atomic mass is 35.5. The highest BCUT2D eigenvalue weighted by Gasteiger charge is 2.47. The molecule has 1 amide bonds. The van der Waals surface area contributed by atoms with Crippen LogP contribution < -0.4 is 5.32 Å². The summed E-state index contributed by atoms with van der Waals surface area (Å²) in [5.41, 5.74) is 0.831. The van der Waals surface area contributed by atoms with Crippen LogP contribution in [0.15, 0.2) is 18.2 Å². The van der Waals surface area contributed by atoms with Crippen molar-refractivity contribution >= 4 is 17.5 Å². The van der Waals surface area contributed by atoms with Crippen molar-refractivity contribution in [2.24, 2.45) is 17.8 Å². The molecule has 0 aliphatic heterocycles. The minimum atomic E-state index is -0.428. The van der Waals surface area contributed by atoms with Gasteiger partial charge in [-0.25, -0.2) is 4.39 Å². The molecule has 96 valence electrons. The van der Waals surface area contributed by atoms with Gasteiger partial charge in [-0.2, -0.15) is 0 Å². The largest absolute Gasteiger partial charge is 0.352 e. The Labute approximate surface area is 111 Å². The molecule has 1 aromatic carbocycles. The molecular formula is C14H15ClFNO. The molecule has 0 radical (unpaired) electrons. The Bertz CT molecular complexity index is 481. The second-order valence-corrected chi connectivity index (χ2v) is 5.80. The number of fused-ring (bicyclic) bond motifs is 1. The SMILES string of the molecule is O=C(NCc1ccc(F)c(Cl)c1)C1CC2CC2C1. The summed E-state index contributed by atoms with van der Waals surface area (Å²) in [5.74, 6) is 1.50. The predicted octanol–water partition coefficient (Wildman–Crippen LogP) is 3.14. The maximum Gasteiger partial charge on any atom is 0.223 e. The summed E-state index contributed by atoms with van der Waals surface area (Å²) in [4.78, 5) is 11.9. The first-order chi connectivity index (χ1) is 8.63. The maximum atomic E-state index is 13.0. The Morgan fingerprint density at radius 2 is 2.06 bits per heavy atom. The highest BCUT2D eigenvalue weighted by molar-refractivity contribution is 6.30. The van der Waals surface area contributed by atoms with Crippen molar-refractivity contribution in [1.29, 1.82) is 0 Å². The van der Waals surface area contributed by atoms with Crippen LogP contribution in [0.25, 0.3) is 0 Å². The lowest BCUT2D eigenvalue weighted by atomic mass is 10.0. The van der Waals surface area contributed by atoms with E-state index in [4.69, 9.17) is 11.6 Å². The summed E-state index contributed by atoms with van der Waals surface area (Å²) in [6.45, 7) is 0.421. The Hall–Kier alpha value is -1.09. The molecular weight excluding hydrogens is 253 g/mol. The maximum absolute atomic E-state index is 13.0. The number of rotatable bonds is 3. The first kappa shape index (κ1) is 12.0. The van der Waals surface area contributed by atoms with Crippen molar-refractivity contribution < 1.29 is 9.18 Å². The third-order valence-corrected chi connectivity index (χ3v) is 4.35. The van der Waals surface area contributed by atoms with E-state index in [1.807, 2.05) is 0 Å². The van der Waals surface area contributed by atoms with Crippen LogP contribution in [0.5, 0.6) is 0 Å². The first-order valence-electron chi connectivity index (χ1n) is 6.35. The fraction of sp³-hybridized carbons (Fsp3) is 0.500. The number of carbonyl (C=O) groups excluding carboxylic acids is 1. The minimum absolute atomic E-state index is 0.101. The van der Waals surface area contributed by atoms with Gasteiger partial charge < -0.3 is 5.32 Å². The van der Waals surface area contributed by atoms with Crippen molar-refractivity contribution in [2.45, 2.75) is 25.8 Å². The average Bonchev–Trinajstić information content (AvgIpc) is 2.97. The molecule has 2 nitrogen and oxygen atoms in total. The topological polar surface area (TPSA) is 29.1 Å². The van der Waals surface area contributed by atoms with Crippen LogP contribution in [-0.4, -0.2) is 5.91 Å². The van der Waals surface area contributed by atoms with Crippen LogP contribution in [0.4, 0.5) is 4.39 Å². The summed E-state index contributed by atoms with van der Waals surface area (Å²) in [5, 5.41) is 3.01. The van der Waals surface area contributed by atoms with Gasteiger partial charge in [0.15, 0.2) is 0 Å². The number of halogens is 2. The monoisotopic (exact) mass is 267 g/mol. The zero-order valence-electron chi connectivity index (χ0n) is 9.96. The van der Waals surface area contributed by atoms with Gasteiger partial charge >= 0.3 is 0 Å². The molecule has 0 spiro atoms. The van der Waals surface area contributed by atoms with Gasteiger partial charge in [-0.1, -0.05) is 17.7 Å². The van der Waals surface area contributed by atoms with Crippen LogP contribution in [0.1, 0.15) is 24.8 Å². The molecule has 2 aliphatic rings. The molecule has 4 heteroatoms. The van der Waals surface area contributed by atoms with Crippen molar-refractivity contribution in [2.75, 3.05) is 0 Å². The van der Waals surface area contributed by atoms with Gasteiger partial charge in [0.2, 0.25) is 5.91 Å². The Balaban J connectivity index is 1.54. The molecule has 1 aromatic rings. The summed E-state index contributed by atoms with van der Waals surface area (Å²) in [6.07, 6.45) is 3.40.